The number of rotatable bonds is 2. The first-order valence-electron chi connectivity index (χ1n) is 5.04. The Labute approximate surface area is 80.0 Å². The number of hydrogen-bond donors (Lipinski definition) is 1. The summed E-state index contributed by atoms with van der Waals surface area (Å²) in [6.07, 6.45) is 3.41. The minimum atomic E-state index is 0.0254. The van der Waals surface area contributed by atoms with Crippen LogP contribution in [0.25, 0.3) is 0 Å². The summed E-state index contributed by atoms with van der Waals surface area (Å²) in [5, 5.41) is 0. The fourth-order valence-corrected chi connectivity index (χ4v) is 1.79. The minimum absolute atomic E-state index is 0.0254. The maximum Gasteiger partial charge on any atom is 0.0411 e. The smallest absolute Gasteiger partial charge is 0.0411 e. The molecular formula is C12H17N. The largest absolute Gasteiger partial charge is 0.321 e. The van der Waals surface area contributed by atoms with Crippen LogP contribution in [0.3, 0.4) is 0 Å². The molecule has 2 N–H and O–H groups in total. The Kier molecular flexibility index (Phi) is 1.92. The lowest BCUT2D eigenvalue weighted by Crippen LogP contribution is -2.18. The van der Waals surface area contributed by atoms with Gasteiger partial charge in [-0.15, -0.1) is 0 Å². The summed E-state index contributed by atoms with van der Waals surface area (Å²) in [4.78, 5) is 0. The van der Waals surface area contributed by atoms with Crippen molar-refractivity contribution in [3.8, 4) is 0 Å². The number of benzene rings is 1. The number of aryl methyl sites for hydroxylation is 2. The predicted octanol–water partition coefficient (Wildman–Crippen LogP) is 2.51. The second kappa shape index (κ2) is 2.85. The molecule has 0 aliphatic heterocycles. The molecule has 0 heterocycles. The molecule has 1 aliphatic carbocycles. The maximum absolute atomic E-state index is 6.14. The van der Waals surface area contributed by atoms with Gasteiger partial charge < -0.3 is 5.73 Å². The highest BCUT2D eigenvalue weighted by atomic mass is 14.8. The van der Waals surface area contributed by atoms with Gasteiger partial charge in [0.25, 0.3) is 0 Å². The van der Waals surface area contributed by atoms with E-state index in [2.05, 4.69) is 32.0 Å². The standard InChI is InChI=1S/C12H17N/c1-3-10-8-11(5-4-9(10)2)12(13)6-7-12/h4-5,8H,3,6-7,13H2,1-2H3. The molecule has 1 nitrogen and oxygen atoms in total. The van der Waals surface area contributed by atoms with Gasteiger partial charge in [-0.25, -0.2) is 0 Å². The number of nitrogens with two attached hydrogens (primary N) is 1. The molecule has 0 radical (unpaired) electrons. The lowest BCUT2D eigenvalue weighted by Gasteiger charge is -2.12. The zero-order valence-corrected chi connectivity index (χ0v) is 8.43. The molecule has 1 fully saturated rings. The maximum atomic E-state index is 6.14. The van der Waals surface area contributed by atoms with Gasteiger partial charge in [0.15, 0.2) is 0 Å². The molecular weight excluding hydrogens is 158 g/mol. The summed E-state index contributed by atoms with van der Waals surface area (Å²) in [5.74, 6) is 0. The van der Waals surface area contributed by atoms with Crippen LogP contribution in [0.5, 0.6) is 0 Å². The van der Waals surface area contributed by atoms with E-state index >= 15 is 0 Å². The van der Waals surface area contributed by atoms with E-state index in [0.717, 1.165) is 19.3 Å². The van der Waals surface area contributed by atoms with Gasteiger partial charge in [-0.1, -0.05) is 25.1 Å². The van der Waals surface area contributed by atoms with Crippen molar-refractivity contribution in [1.29, 1.82) is 0 Å². The summed E-state index contributed by atoms with van der Waals surface area (Å²) in [7, 11) is 0. The molecule has 0 unspecified atom stereocenters. The fraction of sp³-hybridized carbons (Fsp3) is 0.500. The van der Waals surface area contributed by atoms with Crippen molar-refractivity contribution in [2.75, 3.05) is 0 Å². The van der Waals surface area contributed by atoms with Gasteiger partial charge in [0.05, 0.1) is 0 Å². The van der Waals surface area contributed by atoms with Gasteiger partial charge in [0.1, 0.15) is 0 Å². The molecule has 0 amide bonds. The van der Waals surface area contributed by atoms with Gasteiger partial charge in [0, 0.05) is 5.54 Å². The average Bonchev–Trinajstić information content (AvgIpc) is 2.86. The molecule has 70 valence electrons. The molecule has 0 bridgehead atoms. The Balaban J connectivity index is 2.39. The molecule has 0 saturated heterocycles. The molecule has 1 aliphatic rings. The normalized spacial score (nSPS) is 18.7. The van der Waals surface area contributed by atoms with Crippen molar-refractivity contribution in [2.24, 2.45) is 5.73 Å². The number of hydrogen-bond acceptors (Lipinski definition) is 1. The van der Waals surface area contributed by atoms with E-state index in [0.29, 0.717) is 0 Å². The van der Waals surface area contributed by atoms with E-state index in [4.69, 9.17) is 5.73 Å². The van der Waals surface area contributed by atoms with Gasteiger partial charge in [0.2, 0.25) is 0 Å². The molecule has 1 saturated carbocycles. The third kappa shape index (κ3) is 1.49. The average molecular weight is 175 g/mol. The van der Waals surface area contributed by atoms with E-state index < -0.39 is 0 Å². The highest BCUT2D eigenvalue weighted by molar-refractivity contribution is 5.37. The SMILES string of the molecule is CCc1cc(C2(N)CC2)ccc1C. The van der Waals surface area contributed by atoms with E-state index in [9.17, 15) is 0 Å². The van der Waals surface area contributed by atoms with E-state index in [-0.39, 0.29) is 5.54 Å². The Hall–Kier alpha value is -0.820. The van der Waals surface area contributed by atoms with Crippen LogP contribution in [0.2, 0.25) is 0 Å². The van der Waals surface area contributed by atoms with Crippen molar-refractivity contribution in [2.45, 2.75) is 38.6 Å². The summed E-state index contributed by atoms with van der Waals surface area (Å²) >= 11 is 0. The van der Waals surface area contributed by atoms with E-state index in [1.165, 1.54) is 16.7 Å². The van der Waals surface area contributed by atoms with Crippen LogP contribution in [-0.4, -0.2) is 0 Å². The Morgan fingerprint density at radius 2 is 2.08 bits per heavy atom. The summed E-state index contributed by atoms with van der Waals surface area (Å²) in [6, 6.07) is 6.66. The van der Waals surface area contributed by atoms with Crippen molar-refractivity contribution in [3.63, 3.8) is 0 Å². The zero-order chi connectivity index (χ0) is 9.47. The third-order valence-corrected chi connectivity index (χ3v) is 3.09. The van der Waals surface area contributed by atoms with Gasteiger partial charge in [-0.3, -0.25) is 0 Å². The monoisotopic (exact) mass is 175 g/mol. The van der Waals surface area contributed by atoms with Crippen molar-refractivity contribution in [3.05, 3.63) is 34.9 Å². The second-order valence-electron chi connectivity index (χ2n) is 4.15. The van der Waals surface area contributed by atoms with Crippen LogP contribution >= 0.6 is 0 Å². The highest BCUT2D eigenvalue weighted by Gasteiger charge is 2.39. The van der Waals surface area contributed by atoms with Crippen LogP contribution in [-0.2, 0) is 12.0 Å². The lowest BCUT2D eigenvalue weighted by atomic mass is 9.98. The Morgan fingerprint density at radius 1 is 1.38 bits per heavy atom. The zero-order valence-electron chi connectivity index (χ0n) is 8.43. The van der Waals surface area contributed by atoms with E-state index in [1.54, 1.807) is 0 Å². The first kappa shape index (κ1) is 8.76. The summed E-state index contributed by atoms with van der Waals surface area (Å²) in [6.45, 7) is 4.36. The molecule has 1 aromatic carbocycles. The molecule has 1 aromatic rings. The Bertz CT molecular complexity index is 324. The third-order valence-electron chi connectivity index (χ3n) is 3.09. The van der Waals surface area contributed by atoms with Crippen LogP contribution in [0.15, 0.2) is 18.2 Å². The highest BCUT2D eigenvalue weighted by Crippen LogP contribution is 2.42. The quantitative estimate of drug-likeness (QED) is 0.734. The fourth-order valence-electron chi connectivity index (χ4n) is 1.79. The predicted molar refractivity (Wildman–Crippen MR) is 55.7 cm³/mol. The topological polar surface area (TPSA) is 26.0 Å². The van der Waals surface area contributed by atoms with Gasteiger partial charge in [-0.05, 0) is 42.9 Å². The van der Waals surface area contributed by atoms with Gasteiger partial charge in [-0.2, -0.15) is 0 Å². The first-order valence-corrected chi connectivity index (χ1v) is 5.04. The lowest BCUT2D eigenvalue weighted by molar-refractivity contribution is 0.737. The van der Waals surface area contributed by atoms with Gasteiger partial charge >= 0.3 is 0 Å². The van der Waals surface area contributed by atoms with Crippen LogP contribution in [0, 0.1) is 6.92 Å². The van der Waals surface area contributed by atoms with Crippen LogP contribution < -0.4 is 5.73 Å². The first-order chi connectivity index (χ1) is 6.15. The second-order valence-corrected chi connectivity index (χ2v) is 4.15. The molecule has 0 spiro atoms. The molecule has 2 rings (SSSR count). The van der Waals surface area contributed by atoms with Crippen LogP contribution in [0.1, 0.15) is 36.5 Å². The molecule has 0 atom stereocenters. The minimum Gasteiger partial charge on any atom is -0.321 e. The van der Waals surface area contributed by atoms with Crippen LogP contribution in [0.4, 0.5) is 0 Å². The summed E-state index contributed by atoms with van der Waals surface area (Å²) < 4.78 is 0. The molecule has 13 heavy (non-hydrogen) atoms. The summed E-state index contributed by atoms with van der Waals surface area (Å²) in [5.41, 5.74) is 10.3. The van der Waals surface area contributed by atoms with Crippen molar-refractivity contribution >= 4 is 0 Å². The Morgan fingerprint density at radius 3 is 2.62 bits per heavy atom. The molecule has 1 heteroatoms. The van der Waals surface area contributed by atoms with Crippen molar-refractivity contribution < 1.29 is 0 Å². The van der Waals surface area contributed by atoms with Crippen molar-refractivity contribution in [1.82, 2.24) is 0 Å². The van der Waals surface area contributed by atoms with E-state index in [1.807, 2.05) is 0 Å². The molecule has 0 aromatic heterocycles.